The smallest absolute Gasteiger partial charge is 0.223 e. The van der Waals surface area contributed by atoms with Crippen molar-refractivity contribution >= 4 is 23.5 Å². The summed E-state index contributed by atoms with van der Waals surface area (Å²) in [4.78, 5) is 10.9. The number of rotatable bonds is 5. The fourth-order valence-electron chi connectivity index (χ4n) is 1.02. The normalized spacial score (nSPS) is 9.79. The molecule has 1 rings (SSSR count). The minimum Gasteiger partial charge on any atom is -0.478 e. The predicted molar refractivity (Wildman–Crippen MR) is 55.6 cm³/mol. The standard InChI is InChI=1S/C8H11N3O2S/c1-2-13-8-6(5-12)3-10-11(8)4-7(9)14/h3,5H,2,4H2,1H3,(H2,9,14). The van der Waals surface area contributed by atoms with E-state index in [0.29, 0.717) is 29.3 Å². The number of carbonyl (C=O) groups excluding carboxylic acids is 1. The average Bonchev–Trinajstić information content (AvgIpc) is 2.48. The van der Waals surface area contributed by atoms with Crippen LogP contribution in [0, 0.1) is 0 Å². The molecular weight excluding hydrogens is 202 g/mol. The SMILES string of the molecule is CCOc1c(C=O)cnn1CC(N)=S. The van der Waals surface area contributed by atoms with E-state index in [1.54, 1.807) is 0 Å². The Labute approximate surface area is 86.8 Å². The molecule has 0 aliphatic heterocycles. The van der Waals surface area contributed by atoms with Crippen LogP contribution in [0.2, 0.25) is 0 Å². The molecule has 5 nitrogen and oxygen atoms in total. The summed E-state index contributed by atoms with van der Waals surface area (Å²) in [5.41, 5.74) is 5.77. The zero-order valence-corrected chi connectivity index (χ0v) is 8.58. The lowest BCUT2D eigenvalue weighted by Gasteiger charge is -2.06. The first-order valence-corrected chi connectivity index (χ1v) is 4.52. The van der Waals surface area contributed by atoms with E-state index >= 15 is 0 Å². The highest BCUT2D eigenvalue weighted by molar-refractivity contribution is 7.80. The lowest BCUT2D eigenvalue weighted by atomic mass is 10.4. The van der Waals surface area contributed by atoms with Crippen molar-refractivity contribution < 1.29 is 9.53 Å². The van der Waals surface area contributed by atoms with Crippen LogP contribution in [0.15, 0.2) is 6.20 Å². The van der Waals surface area contributed by atoms with Crippen molar-refractivity contribution in [1.82, 2.24) is 9.78 Å². The van der Waals surface area contributed by atoms with Gasteiger partial charge in [0.15, 0.2) is 6.29 Å². The minimum atomic E-state index is 0.276. The maximum atomic E-state index is 10.6. The first-order chi connectivity index (χ1) is 6.69. The van der Waals surface area contributed by atoms with Gasteiger partial charge in [-0.25, -0.2) is 4.68 Å². The Hall–Kier alpha value is -1.43. The molecule has 0 radical (unpaired) electrons. The van der Waals surface area contributed by atoms with E-state index in [1.165, 1.54) is 10.9 Å². The van der Waals surface area contributed by atoms with Crippen molar-refractivity contribution in [2.24, 2.45) is 5.73 Å². The first-order valence-electron chi connectivity index (χ1n) is 4.11. The highest BCUT2D eigenvalue weighted by Crippen LogP contribution is 2.15. The van der Waals surface area contributed by atoms with Gasteiger partial charge in [-0.3, -0.25) is 4.79 Å². The van der Waals surface area contributed by atoms with E-state index in [4.69, 9.17) is 22.7 Å². The zero-order chi connectivity index (χ0) is 10.6. The molecule has 0 aliphatic carbocycles. The quantitative estimate of drug-likeness (QED) is 0.565. The number of aromatic nitrogens is 2. The second-order valence-corrected chi connectivity index (χ2v) is 3.10. The van der Waals surface area contributed by atoms with Crippen LogP contribution in [0.1, 0.15) is 17.3 Å². The van der Waals surface area contributed by atoms with Gasteiger partial charge in [-0.05, 0) is 6.92 Å². The molecule has 0 saturated heterocycles. The number of carbonyl (C=O) groups is 1. The summed E-state index contributed by atoms with van der Waals surface area (Å²) in [5.74, 6) is 0.412. The molecule has 6 heteroatoms. The number of ether oxygens (including phenoxy) is 1. The molecule has 2 N–H and O–H groups in total. The molecule has 0 aliphatic rings. The van der Waals surface area contributed by atoms with Crippen LogP contribution in [0.3, 0.4) is 0 Å². The second-order valence-electron chi connectivity index (χ2n) is 2.58. The van der Waals surface area contributed by atoms with Gasteiger partial charge in [0.05, 0.1) is 29.9 Å². The van der Waals surface area contributed by atoms with Gasteiger partial charge in [0.1, 0.15) is 0 Å². The molecule has 0 saturated carbocycles. The molecule has 0 atom stereocenters. The molecular formula is C8H11N3O2S. The van der Waals surface area contributed by atoms with Crippen LogP contribution >= 0.6 is 12.2 Å². The summed E-state index contributed by atoms with van der Waals surface area (Å²) < 4.78 is 6.72. The van der Waals surface area contributed by atoms with Crippen molar-refractivity contribution in [1.29, 1.82) is 0 Å². The van der Waals surface area contributed by atoms with Crippen LogP contribution in [-0.4, -0.2) is 27.7 Å². The maximum Gasteiger partial charge on any atom is 0.223 e. The Morgan fingerprint density at radius 3 is 3.07 bits per heavy atom. The summed E-state index contributed by atoms with van der Waals surface area (Å²) >= 11 is 4.74. The van der Waals surface area contributed by atoms with E-state index in [9.17, 15) is 4.79 Å². The van der Waals surface area contributed by atoms with Gasteiger partial charge in [-0.15, -0.1) is 0 Å². The Morgan fingerprint density at radius 2 is 2.57 bits per heavy atom. The van der Waals surface area contributed by atoms with Gasteiger partial charge in [0, 0.05) is 0 Å². The van der Waals surface area contributed by atoms with Crippen LogP contribution in [0.25, 0.3) is 0 Å². The fraction of sp³-hybridized carbons (Fsp3) is 0.375. The molecule has 1 heterocycles. The number of aldehydes is 1. The highest BCUT2D eigenvalue weighted by atomic mass is 32.1. The molecule has 0 unspecified atom stereocenters. The summed E-state index contributed by atoms with van der Waals surface area (Å²) in [6.45, 7) is 2.56. The molecule has 1 aromatic heterocycles. The van der Waals surface area contributed by atoms with Gasteiger partial charge in [-0.1, -0.05) is 12.2 Å². The van der Waals surface area contributed by atoms with Gasteiger partial charge in [0.2, 0.25) is 5.88 Å². The zero-order valence-electron chi connectivity index (χ0n) is 7.77. The Morgan fingerprint density at radius 1 is 1.86 bits per heavy atom. The van der Waals surface area contributed by atoms with Crippen molar-refractivity contribution in [3.8, 4) is 5.88 Å². The Bertz CT molecular complexity index is 348. The molecule has 0 spiro atoms. The van der Waals surface area contributed by atoms with Crippen LogP contribution in [-0.2, 0) is 6.54 Å². The average molecular weight is 213 g/mol. The maximum absolute atomic E-state index is 10.6. The lowest BCUT2D eigenvalue weighted by molar-refractivity contribution is 0.111. The highest BCUT2D eigenvalue weighted by Gasteiger charge is 2.11. The number of thiocarbonyl (C=S) groups is 1. The first kappa shape index (κ1) is 10.6. The van der Waals surface area contributed by atoms with E-state index in [0.717, 1.165) is 0 Å². The van der Waals surface area contributed by atoms with Crippen molar-refractivity contribution in [2.75, 3.05) is 6.61 Å². The minimum absolute atomic E-state index is 0.276. The molecule has 76 valence electrons. The fourth-order valence-corrected chi connectivity index (χ4v) is 1.15. The number of hydrogen-bond donors (Lipinski definition) is 1. The summed E-state index contributed by atoms with van der Waals surface area (Å²) in [6, 6.07) is 0. The molecule has 1 aromatic rings. The number of hydrogen-bond acceptors (Lipinski definition) is 4. The van der Waals surface area contributed by atoms with Gasteiger partial charge in [0.25, 0.3) is 0 Å². The Kier molecular flexibility index (Phi) is 3.58. The van der Waals surface area contributed by atoms with Gasteiger partial charge in [-0.2, -0.15) is 5.10 Å². The summed E-state index contributed by atoms with van der Waals surface area (Å²) in [7, 11) is 0. The Balaban J connectivity index is 2.97. The van der Waals surface area contributed by atoms with Crippen molar-refractivity contribution in [3.63, 3.8) is 0 Å². The van der Waals surface area contributed by atoms with Gasteiger partial charge < -0.3 is 10.5 Å². The topological polar surface area (TPSA) is 70.1 Å². The van der Waals surface area contributed by atoms with Crippen LogP contribution in [0.4, 0.5) is 0 Å². The predicted octanol–water partition coefficient (Wildman–Crippen LogP) is 0.380. The number of nitrogens with two attached hydrogens (primary N) is 1. The largest absolute Gasteiger partial charge is 0.478 e. The van der Waals surface area contributed by atoms with E-state index in [-0.39, 0.29) is 6.54 Å². The van der Waals surface area contributed by atoms with E-state index in [2.05, 4.69) is 5.10 Å². The summed E-state index contributed by atoms with van der Waals surface area (Å²) in [5, 5.41) is 3.94. The van der Waals surface area contributed by atoms with E-state index in [1.807, 2.05) is 6.92 Å². The van der Waals surface area contributed by atoms with Crippen molar-refractivity contribution in [3.05, 3.63) is 11.8 Å². The third kappa shape index (κ3) is 2.29. The third-order valence-corrected chi connectivity index (χ3v) is 1.66. The summed E-state index contributed by atoms with van der Waals surface area (Å²) in [6.07, 6.45) is 2.12. The number of nitrogens with zero attached hydrogens (tertiary/aromatic N) is 2. The second kappa shape index (κ2) is 4.71. The molecule has 0 aromatic carbocycles. The third-order valence-electron chi connectivity index (χ3n) is 1.53. The molecule has 0 bridgehead atoms. The van der Waals surface area contributed by atoms with Crippen LogP contribution < -0.4 is 10.5 Å². The molecule has 14 heavy (non-hydrogen) atoms. The molecule has 0 fully saturated rings. The monoisotopic (exact) mass is 213 g/mol. The van der Waals surface area contributed by atoms with E-state index < -0.39 is 0 Å². The van der Waals surface area contributed by atoms with Crippen LogP contribution in [0.5, 0.6) is 5.88 Å². The lowest BCUT2D eigenvalue weighted by Crippen LogP contribution is -2.18. The van der Waals surface area contributed by atoms with Gasteiger partial charge >= 0.3 is 0 Å². The molecule has 0 amide bonds. The van der Waals surface area contributed by atoms with Crippen molar-refractivity contribution in [2.45, 2.75) is 13.5 Å².